The van der Waals surface area contributed by atoms with E-state index in [-0.39, 0.29) is 6.42 Å². The van der Waals surface area contributed by atoms with Crippen molar-refractivity contribution in [2.24, 2.45) is 0 Å². The summed E-state index contributed by atoms with van der Waals surface area (Å²) in [4.78, 5) is 10.7. The Morgan fingerprint density at radius 2 is 2.10 bits per heavy atom. The zero-order valence-corrected chi connectivity index (χ0v) is 11.4. The number of benzene rings is 1. The molecule has 1 aliphatic rings. The quantitative estimate of drug-likeness (QED) is 0.926. The Labute approximate surface area is 121 Å². The van der Waals surface area contributed by atoms with Gasteiger partial charge < -0.3 is 5.11 Å². The van der Waals surface area contributed by atoms with Gasteiger partial charge in [0.2, 0.25) is 0 Å². The zero-order valence-electron chi connectivity index (χ0n) is 11.4. The van der Waals surface area contributed by atoms with Crippen LogP contribution < -0.4 is 0 Å². The van der Waals surface area contributed by atoms with Gasteiger partial charge in [0, 0.05) is 5.92 Å². The molecular weight excluding hydrogens is 268 g/mol. The zero-order chi connectivity index (χ0) is 14.8. The molecule has 0 radical (unpaired) electrons. The number of aliphatic carboxylic acids is 1. The lowest BCUT2D eigenvalue weighted by Crippen LogP contribution is -2.15. The summed E-state index contributed by atoms with van der Waals surface area (Å²) in [5, 5.41) is 26.0. The second-order valence-corrected chi connectivity index (χ2v) is 5.21. The van der Waals surface area contributed by atoms with Gasteiger partial charge in [-0.2, -0.15) is 5.26 Å². The molecule has 0 amide bonds. The van der Waals surface area contributed by atoms with Crippen LogP contribution in [-0.4, -0.2) is 26.1 Å². The Morgan fingerprint density at radius 3 is 2.62 bits per heavy atom. The fourth-order valence-corrected chi connectivity index (χ4v) is 2.54. The second-order valence-electron chi connectivity index (χ2n) is 5.21. The summed E-state index contributed by atoms with van der Waals surface area (Å²) >= 11 is 0. The van der Waals surface area contributed by atoms with E-state index in [9.17, 15) is 4.79 Å². The van der Waals surface area contributed by atoms with Crippen molar-refractivity contribution in [2.75, 3.05) is 0 Å². The minimum absolute atomic E-state index is 0.00341. The number of carboxylic acid groups (broad SMARTS) is 1. The van der Waals surface area contributed by atoms with E-state index in [1.165, 1.54) is 0 Å². The molecule has 0 spiro atoms. The molecule has 3 rings (SSSR count). The molecular formula is C15H14N4O2. The third kappa shape index (κ3) is 2.50. The van der Waals surface area contributed by atoms with Gasteiger partial charge in [-0.25, -0.2) is 4.68 Å². The van der Waals surface area contributed by atoms with Crippen LogP contribution in [0.15, 0.2) is 24.3 Å². The Morgan fingerprint density at radius 1 is 1.38 bits per heavy atom. The van der Waals surface area contributed by atoms with Gasteiger partial charge >= 0.3 is 5.97 Å². The van der Waals surface area contributed by atoms with E-state index in [4.69, 9.17) is 10.4 Å². The van der Waals surface area contributed by atoms with E-state index in [1.807, 2.05) is 12.1 Å². The molecule has 6 heteroatoms. The van der Waals surface area contributed by atoms with Crippen LogP contribution in [0.2, 0.25) is 0 Å². The van der Waals surface area contributed by atoms with E-state index in [2.05, 4.69) is 16.4 Å². The van der Waals surface area contributed by atoms with Gasteiger partial charge in [-0.05, 0) is 30.5 Å². The van der Waals surface area contributed by atoms with Gasteiger partial charge in [0.15, 0.2) is 5.69 Å². The summed E-state index contributed by atoms with van der Waals surface area (Å²) in [6.45, 7) is 0. The van der Waals surface area contributed by atoms with Crippen LogP contribution in [0.4, 0.5) is 0 Å². The lowest BCUT2D eigenvalue weighted by molar-refractivity contribution is -0.136. The lowest BCUT2D eigenvalue weighted by atomic mass is 9.82. The maximum Gasteiger partial charge on any atom is 0.307 e. The summed E-state index contributed by atoms with van der Waals surface area (Å²) in [5.41, 5.74) is 2.79. The Balaban J connectivity index is 1.95. The van der Waals surface area contributed by atoms with Gasteiger partial charge in [0.1, 0.15) is 6.07 Å². The van der Waals surface area contributed by atoms with Crippen molar-refractivity contribution in [3.63, 3.8) is 0 Å². The molecule has 0 aliphatic heterocycles. The Kier molecular flexibility index (Phi) is 3.40. The van der Waals surface area contributed by atoms with E-state index in [0.717, 1.165) is 36.2 Å². The van der Waals surface area contributed by atoms with E-state index < -0.39 is 5.97 Å². The van der Waals surface area contributed by atoms with Crippen LogP contribution in [0.25, 0.3) is 5.69 Å². The molecule has 21 heavy (non-hydrogen) atoms. The van der Waals surface area contributed by atoms with E-state index in [0.29, 0.717) is 11.6 Å². The average molecular weight is 282 g/mol. The second kappa shape index (κ2) is 5.37. The van der Waals surface area contributed by atoms with Crippen LogP contribution in [0.5, 0.6) is 0 Å². The summed E-state index contributed by atoms with van der Waals surface area (Å²) in [6.07, 6.45) is 3.27. The highest BCUT2D eigenvalue weighted by atomic mass is 16.4. The minimum atomic E-state index is -0.856. The van der Waals surface area contributed by atoms with E-state index >= 15 is 0 Å². The fraction of sp³-hybridized carbons (Fsp3) is 0.333. The Bertz CT molecular complexity index is 708. The number of carboxylic acids is 1. The molecule has 1 saturated carbocycles. The fourth-order valence-electron chi connectivity index (χ4n) is 2.54. The predicted octanol–water partition coefficient (Wildman–Crippen LogP) is 2.03. The third-order valence-electron chi connectivity index (χ3n) is 3.84. The molecule has 1 fully saturated rings. The molecule has 1 aromatic carbocycles. The molecule has 1 N–H and O–H groups in total. The van der Waals surface area contributed by atoms with Crippen molar-refractivity contribution >= 4 is 5.97 Å². The van der Waals surface area contributed by atoms with Crippen molar-refractivity contribution in [1.29, 1.82) is 5.26 Å². The molecule has 1 aromatic heterocycles. The number of rotatable bonds is 4. The first kappa shape index (κ1) is 13.3. The number of hydrogen-bond donors (Lipinski definition) is 1. The van der Waals surface area contributed by atoms with Crippen LogP contribution >= 0.6 is 0 Å². The highest BCUT2D eigenvalue weighted by molar-refractivity contribution is 5.70. The van der Waals surface area contributed by atoms with Crippen LogP contribution in [0, 0.1) is 11.3 Å². The first-order chi connectivity index (χ1) is 10.2. The lowest BCUT2D eigenvalue weighted by Gasteiger charge is -2.25. The van der Waals surface area contributed by atoms with Crippen molar-refractivity contribution in [3.05, 3.63) is 41.2 Å². The van der Waals surface area contributed by atoms with Crippen molar-refractivity contribution in [3.8, 4) is 11.8 Å². The maximum atomic E-state index is 10.7. The van der Waals surface area contributed by atoms with Crippen LogP contribution in [-0.2, 0) is 11.2 Å². The first-order valence-corrected chi connectivity index (χ1v) is 6.86. The highest BCUT2D eigenvalue weighted by Gasteiger charge is 2.28. The van der Waals surface area contributed by atoms with Gasteiger partial charge in [-0.1, -0.05) is 23.8 Å². The SMILES string of the molecule is N#Cc1nnn(-c2ccc(CC(=O)O)cc2)c1C1CCC1. The van der Waals surface area contributed by atoms with Crippen molar-refractivity contribution < 1.29 is 9.90 Å². The van der Waals surface area contributed by atoms with Gasteiger partial charge in [0.05, 0.1) is 17.8 Å². The van der Waals surface area contributed by atoms with E-state index in [1.54, 1.807) is 16.8 Å². The Hall–Kier alpha value is -2.68. The summed E-state index contributed by atoms with van der Waals surface area (Å²) in [7, 11) is 0. The third-order valence-corrected chi connectivity index (χ3v) is 3.84. The van der Waals surface area contributed by atoms with Crippen LogP contribution in [0.3, 0.4) is 0 Å². The van der Waals surface area contributed by atoms with Crippen molar-refractivity contribution in [2.45, 2.75) is 31.6 Å². The average Bonchev–Trinajstić information content (AvgIpc) is 2.81. The smallest absolute Gasteiger partial charge is 0.307 e. The molecule has 0 bridgehead atoms. The topological polar surface area (TPSA) is 91.8 Å². The monoisotopic (exact) mass is 282 g/mol. The number of nitriles is 1. The highest BCUT2D eigenvalue weighted by Crippen LogP contribution is 2.38. The molecule has 1 aliphatic carbocycles. The predicted molar refractivity (Wildman–Crippen MR) is 74.0 cm³/mol. The van der Waals surface area contributed by atoms with Gasteiger partial charge in [-0.15, -0.1) is 5.10 Å². The van der Waals surface area contributed by atoms with Gasteiger partial charge in [-0.3, -0.25) is 4.79 Å². The normalized spacial score (nSPS) is 14.4. The van der Waals surface area contributed by atoms with Crippen molar-refractivity contribution in [1.82, 2.24) is 15.0 Å². The maximum absolute atomic E-state index is 10.7. The molecule has 0 saturated heterocycles. The summed E-state index contributed by atoms with van der Waals surface area (Å²) in [6, 6.07) is 9.26. The molecule has 0 unspecified atom stereocenters. The minimum Gasteiger partial charge on any atom is -0.481 e. The summed E-state index contributed by atoms with van der Waals surface area (Å²) < 4.78 is 1.70. The summed E-state index contributed by atoms with van der Waals surface area (Å²) in [5.74, 6) is -0.515. The number of aromatic nitrogens is 3. The van der Waals surface area contributed by atoms with Gasteiger partial charge in [0.25, 0.3) is 0 Å². The number of carbonyl (C=O) groups is 1. The molecule has 106 valence electrons. The molecule has 6 nitrogen and oxygen atoms in total. The molecule has 0 atom stereocenters. The van der Waals surface area contributed by atoms with Crippen LogP contribution in [0.1, 0.15) is 42.1 Å². The number of nitrogens with zero attached hydrogens (tertiary/aromatic N) is 4. The molecule has 2 aromatic rings. The molecule has 1 heterocycles. The largest absolute Gasteiger partial charge is 0.481 e. The standard InChI is InChI=1S/C15H14N4O2/c16-9-13-15(11-2-1-3-11)19(18-17-13)12-6-4-10(5-7-12)8-14(20)21/h4-7,11H,1-3,8H2,(H,20,21). The number of hydrogen-bond acceptors (Lipinski definition) is 4. The first-order valence-electron chi connectivity index (χ1n) is 6.86.